The molecule has 65 valence electrons. The number of hydrogen-bond acceptors (Lipinski definition) is 1. The van der Waals surface area contributed by atoms with E-state index < -0.39 is 6.61 Å². The van der Waals surface area contributed by atoms with Gasteiger partial charge in [-0.1, -0.05) is 26.2 Å². The molecule has 0 aliphatic rings. The fraction of sp³-hybridized carbons (Fsp3) is 0.875. The van der Waals surface area contributed by atoms with E-state index in [1.807, 2.05) is 0 Å². The van der Waals surface area contributed by atoms with E-state index in [2.05, 4.69) is 12.2 Å². The van der Waals surface area contributed by atoms with Gasteiger partial charge in [-0.25, -0.2) is 5.11 Å². The molecule has 3 heteroatoms. The predicted octanol–water partition coefficient (Wildman–Crippen LogP) is 1.11. The van der Waals surface area contributed by atoms with Gasteiger partial charge in [0.05, 0.1) is 0 Å². The molecule has 0 heterocycles. The van der Waals surface area contributed by atoms with Crippen molar-refractivity contribution in [3.05, 3.63) is 0 Å². The maximum absolute atomic E-state index is 10.4. The molecule has 0 aliphatic heterocycles. The van der Waals surface area contributed by atoms with Crippen molar-refractivity contribution >= 4 is 5.91 Å². The molecule has 0 saturated heterocycles. The van der Waals surface area contributed by atoms with E-state index in [4.69, 9.17) is 0 Å². The van der Waals surface area contributed by atoms with E-state index in [1.165, 1.54) is 12.8 Å². The van der Waals surface area contributed by atoms with Crippen molar-refractivity contribution in [1.82, 2.24) is 5.32 Å². The normalized spacial score (nSPS) is 9.64. The Morgan fingerprint density at radius 2 is 2.00 bits per heavy atom. The summed E-state index contributed by atoms with van der Waals surface area (Å²) in [5.41, 5.74) is 0. The van der Waals surface area contributed by atoms with E-state index in [9.17, 15) is 9.90 Å². The summed E-state index contributed by atoms with van der Waals surface area (Å²) in [5.74, 6) is -0.388. The molecule has 1 amide bonds. The van der Waals surface area contributed by atoms with Crippen molar-refractivity contribution in [3.63, 3.8) is 0 Å². The van der Waals surface area contributed by atoms with Crippen molar-refractivity contribution in [2.75, 3.05) is 13.2 Å². The molecule has 0 fully saturated rings. The molecule has 1 N–H and O–H groups in total. The number of unbranched alkanes of at least 4 members (excludes halogenated alkanes) is 3. The molecule has 3 nitrogen and oxygen atoms in total. The molecule has 0 aromatic heterocycles. The molecule has 0 atom stereocenters. The zero-order valence-electron chi connectivity index (χ0n) is 7.06. The predicted molar refractivity (Wildman–Crippen MR) is 42.7 cm³/mol. The Kier molecular flexibility index (Phi) is 7.15. The highest BCUT2D eigenvalue weighted by molar-refractivity contribution is 5.76. The van der Waals surface area contributed by atoms with Gasteiger partial charge in [-0.05, 0) is 6.42 Å². The largest absolute Gasteiger partial charge is 0.354 e. The molecule has 0 aromatic carbocycles. The number of carbonyl (C=O) groups excluding carboxylic acids is 1. The van der Waals surface area contributed by atoms with Gasteiger partial charge in [-0.15, -0.1) is 0 Å². The minimum Gasteiger partial charge on any atom is -0.354 e. The number of nitrogens with one attached hydrogen (secondary N) is 1. The number of hydrogen-bond donors (Lipinski definition) is 1. The molecule has 0 unspecified atom stereocenters. The molecule has 11 heavy (non-hydrogen) atoms. The zero-order valence-corrected chi connectivity index (χ0v) is 7.06. The summed E-state index contributed by atoms with van der Waals surface area (Å²) < 4.78 is 0. The molecule has 0 rings (SSSR count). The van der Waals surface area contributed by atoms with Crippen LogP contribution in [0.3, 0.4) is 0 Å². The van der Waals surface area contributed by atoms with Gasteiger partial charge in [0, 0.05) is 6.54 Å². The first-order valence-electron chi connectivity index (χ1n) is 4.16. The van der Waals surface area contributed by atoms with Crippen LogP contribution in [-0.4, -0.2) is 19.1 Å². The number of rotatable bonds is 6. The first-order chi connectivity index (χ1) is 5.31. The van der Waals surface area contributed by atoms with Crippen molar-refractivity contribution in [1.29, 1.82) is 0 Å². The molecule has 0 aliphatic carbocycles. The highest BCUT2D eigenvalue weighted by Gasteiger charge is 1.95. The van der Waals surface area contributed by atoms with Crippen molar-refractivity contribution in [2.45, 2.75) is 32.6 Å². The van der Waals surface area contributed by atoms with Gasteiger partial charge in [0.2, 0.25) is 5.91 Å². The molecule has 0 saturated carbocycles. The monoisotopic (exact) mass is 158 g/mol. The average molecular weight is 158 g/mol. The van der Waals surface area contributed by atoms with Crippen LogP contribution in [0.15, 0.2) is 0 Å². The van der Waals surface area contributed by atoms with E-state index in [-0.39, 0.29) is 5.91 Å². The fourth-order valence-electron chi connectivity index (χ4n) is 0.831. The van der Waals surface area contributed by atoms with E-state index in [1.54, 1.807) is 0 Å². The second-order valence-electron chi connectivity index (χ2n) is 2.55. The second kappa shape index (κ2) is 7.54. The van der Waals surface area contributed by atoms with E-state index >= 15 is 0 Å². The Balaban J connectivity index is 2.95. The summed E-state index contributed by atoms with van der Waals surface area (Å²) in [4.78, 5) is 10.4. The lowest BCUT2D eigenvalue weighted by molar-refractivity contribution is -0.125. The van der Waals surface area contributed by atoms with Gasteiger partial charge >= 0.3 is 0 Å². The molecule has 0 spiro atoms. The Morgan fingerprint density at radius 3 is 2.55 bits per heavy atom. The van der Waals surface area contributed by atoms with Crippen LogP contribution in [0.4, 0.5) is 0 Å². The van der Waals surface area contributed by atoms with Crippen molar-refractivity contribution in [2.24, 2.45) is 0 Å². The summed E-state index contributed by atoms with van der Waals surface area (Å²) >= 11 is 0. The van der Waals surface area contributed by atoms with Crippen LogP contribution in [0.1, 0.15) is 32.6 Å². The lowest BCUT2D eigenvalue weighted by atomic mass is 10.2. The summed E-state index contributed by atoms with van der Waals surface area (Å²) in [6, 6.07) is 0. The van der Waals surface area contributed by atoms with Crippen LogP contribution >= 0.6 is 0 Å². The van der Waals surface area contributed by atoms with Gasteiger partial charge in [0.15, 0.2) is 6.61 Å². The van der Waals surface area contributed by atoms with Crippen LogP contribution in [0.25, 0.3) is 0 Å². The summed E-state index contributed by atoms with van der Waals surface area (Å²) in [6.07, 6.45) is 4.51. The summed E-state index contributed by atoms with van der Waals surface area (Å²) in [6.45, 7) is 2.14. The first kappa shape index (κ1) is 10.4. The lowest BCUT2D eigenvalue weighted by Gasteiger charge is -2.00. The molecule has 0 aromatic rings. The third-order valence-corrected chi connectivity index (χ3v) is 1.48. The zero-order chi connectivity index (χ0) is 8.53. The Morgan fingerprint density at radius 1 is 1.27 bits per heavy atom. The topological polar surface area (TPSA) is 49.0 Å². The van der Waals surface area contributed by atoms with E-state index in [0.717, 1.165) is 12.8 Å². The maximum Gasteiger partial charge on any atom is 0.249 e. The first-order valence-corrected chi connectivity index (χ1v) is 4.16. The van der Waals surface area contributed by atoms with Crippen LogP contribution in [-0.2, 0) is 9.90 Å². The van der Waals surface area contributed by atoms with Crippen LogP contribution < -0.4 is 5.32 Å². The number of carbonyl (C=O) groups is 1. The van der Waals surface area contributed by atoms with Gasteiger partial charge < -0.3 is 5.32 Å². The van der Waals surface area contributed by atoms with Gasteiger partial charge in [0.25, 0.3) is 0 Å². The quantitative estimate of drug-likeness (QED) is 0.578. The third kappa shape index (κ3) is 7.33. The SMILES string of the molecule is CCCCCCNC(=O)C[O]. The van der Waals surface area contributed by atoms with Gasteiger partial charge in [-0.2, -0.15) is 0 Å². The van der Waals surface area contributed by atoms with Crippen LogP contribution in [0.5, 0.6) is 0 Å². The standard InChI is InChI=1S/C8H16NO2/c1-2-3-4-5-6-9-8(11)7-10/h2-7H2,1H3,(H,9,11). The smallest absolute Gasteiger partial charge is 0.249 e. The summed E-state index contributed by atoms with van der Waals surface area (Å²) in [7, 11) is 0. The number of amides is 1. The van der Waals surface area contributed by atoms with E-state index in [0.29, 0.717) is 6.54 Å². The Bertz CT molecular complexity index is 104. The van der Waals surface area contributed by atoms with Crippen molar-refractivity contribution < 1.29 is 9.90 Å². The maximum atomic E-state index is 10.4. The highest BCUT2D eigenvalue weighted by Crippen LogP contribution is 1.96. The molecular weight excluding hydrogens is 142 g/mol. The summed E-state index contributed by atoms with van der Waals surface area (Å²) in [5, 5.41) is 12.5. The average Bonchev–Trinajstić information content (AvgIpc) is 2.04. The molecule has 0 bridgehead atoms. The van der Waals surface area contributed by atoms with Crippen molar-refractivity contribution in [3.8, 4) is 0 Å². The van der Waals surface area contributed by atoms with Gasteiger partial charge in [0.1, 0.15) is 0 Å². The van der Waals surface area contributed by atoms with Crippen LogP contribution in [0.2, 0.25) is 0 Å². The minimum atomic E-state index is -0.645. The third-order valence-electron chi connectivity index (χ3n) is 1.48. The lowest BCUT2D eigenvalue weighted by Crippen LogP contribution is -2.26. The molecule has 1 radical (unpaired) electrons. The highest BCUT2D eigenvalue weighted by atomic mass is 16.3. The minimum absolute atomic E-state index is 0.388. The van der Waals surface area contributed by atoms with Crippen LogP contribution in [0, 0.1) is 0 Å². The Hall–Kier alpha value is -0.570. The fourth-order valence-corrected chi connectivity index (χ4v) is 0.831. The Labute approximate surface area is 67.8 Å². The van der Waals surface area contributed by atoms with Gasteiger partial charge in [-0.3, -0.25) is 4.79 Å². The second-order valence-corrected chi connectivity index (χ2v) is 2.55. The molecular formula is C8H16NO2.